The number of carbonyl (C=O) groups is 2. The number of benzene rings is 4. The molecule has 0 N–H and O–H groups in total. The molecule has 4 aromatic carbocycles. The average Bonchev–Trinajstić information content (AvgIpc) is 2.86. The van der Waals surface area contributed by atoms with Crippen LogP contribution in [-0.2, 0) is 9.84 Å². The van der Waals surface area contributed by atoms with E-state index in [-0.39, 0.29) is 9.79 Å². The number of hydrogen-bond acceptors (Lipinski definition) is 6. The van der Waals surface area contributed by atoms with E-state index in [0.717, 1.165) is 12.6 Å². The normalized spacial score (nSPS) is 10.9. The zero-order valence-corrected chi connectivity index (χ0v) is 18.1. The maximum atomic E-state index is 13.0. The molecule has 0 aliphatic carbocycles. The molecule has 0 atom stereocenters. The smallest absolute Gasteiger partial charge is 0.206 e. The van der Waals surface area contributed by atoms with E-state index in [1.165, 1.54) is 24.3 Å². The first-order valence-corrected chi connectivity index (χ1v) is 11.4. The molecule has 0 aliphatic heterocycles. The van der Waals surface area contributed by atoms with Gasteiger partial charge in [0.05, 0.1) is 9.79 Å². The van der Waals surface area contributed by atoms with Crippen molar-refractivity contribution in [3.63, 3.8) is 0 Å². The molecule has 0 bridgehead atoms. The highest BCUT2D eigenvalue weighted by molar-refractivity contribution is 7.91. The minimum absolute atomic E-state index is 0.129. The van der Waals surface area contributed by atoms with Crippen LogP contribution in [0.1, 0.15) is 20.7 Å². The van der Waals surface area contributed by atoms with Crippen molar-refractivity contribution in [1.82, 2.24) is 0 Å². The number of aldehydes is 2. The Bertz CT molecular complexity index is 1250. The molecule has 0 spiro atoms. The minimum atomic E-state index is -3.73. The first-order valence-electron chi connectivity index (χ1n) is 9.89. The maximum absolute atomic E-state index is 13.0. The van der Waals surface area contributed by atoms with Gasteiger partial charge in [0.2, 0.25) is 9.84 Å². The summed E-state index contributed by atoms with van der Waals surface area (Å²) in [6, 6.07) is 25.4. The fourth-order valence-electron chi connectivity index (χ4n) is 3.01. The fraction of sp³-hybridized carbons (Fsp3) is 0. The summed E-state index contributed by atoms with van der Waals surface area (Å²) in [7, 11) is -3.73. The molecule has 0 aliphatic rings. The zero-order chi connectivity index (χ0) is 23.3. The highest BCUT2D eigenvalue weighted by atomic mass is 32.2. The SMILES string of the molecule is O=Cc1ccc(Oc2ccc(S(=O)(=O)c3ccc(Oc4ccc(C=O)cc4)cc3)cc2)cc1. The molecule has 4 rings (SSSR count). The molecule has 0 heterocycles. The molecule has 7 heteroatoms. The Labute approximate surface area is 191 Å². The molecule has 6 nitrogen and oxygen atoms in total. The van der Waals surface area contributed by atoms with Gasteiger partial charge >= 0.3 is 0 Å². The maximum Gasteiger partial charge on any atom is 0.206 e. The second-order valence-electron chi connectivity index (χ2n) is 7.02. The summed E-state index contributed by atoms with van der Waals surface area (Å²) in [6.07, 6.45) is 1.49. The van der Waals surface area contributed by atoms with Crippen molar-refractivity contribution in [3.05, 3.63) is 108 Å². The van der Waals surface area contributed by atoms with Crippen LogP contribution in [0.25, 0.3) is 0 Å². The van der Waals surface area contributed by atoms with Crippen LogP contribution >= 0.6 is 0 Å². The van der Waals surface area contributed by atoms with Gasteiger partial charge < -0.3 is 9.47 Å². The summed E-state index contributed by atoms with van der Waals surface area (Å²) in [5, 5.41) is 0. The van der Waals surface area contributed by atoms with Crippen molar-refractivity contribution in [2.24, 2.45) is 0 Å². The van der Waals surface area contributed by atoms with Gasteiger partial charge in [0.15, 0.2) is 0 Å². The van der Waals surface area contributed by atoms with Gasteiger partial charge in [0.25, 0.3) is 0 Å². The molecule has 164 valence electrons. The van der Waals surface area contributed by atoms with Crippen molar-refractivity contribution in [2.75, 3.05) is 0 Å². The third-order valence-corrected chi connectivity index (χ3v) is 6.56. The summed E-state index contributed by atoms with van der Waals surface area (Å²) < 4.78 is 37.3. The van der Waals surface area contributed by atoms with Crippen LogP contribution in [0.3, 0.4) is 0 Å². The highest BCUT2D eigenvalue weighted by Gasteiger charge is 2.18. The number of hydrogen-bond donors (Lipinski definition) is 0. The van der Waals surface area contributed by atoms with E-state index in [9.17, 15) is 18.0 Å². The van der Waals surface area contributed by atoms with Gasteiger partial charge in [-0.25, -0.2) is 8.42 Å². The molecule has 33 heavy (non-hydrogen) atoms. The number of sulfone groups is 1. The first kappa shape index (κ1) is 22.0. The van der Waals surface area contributed by atoms with Gasteiger partial charge in [-0.05, 0) is 97.1 Å². The molecule has 0 amide bonds. The van der Waals surface area contributed by atoms with Crippen molar-refractivity contribution < 1.29 is 27.5 Å². The van der Waals surface area contributed by atoms with Crippen molar-refractivity contribution in [2.45, 2.75) is 9.79 Å². The van der Waals surface area contributed by atoms with Crippen LogP contribution in [0, 0.1) is 0 Å². The van der Waals surface area contributed by atoms with Crippen LogP contribution in [0.2, 0.25) is 0 Å². The molecule has 0 aromatic heterocycles. The molecule has 0 fully saturated rings. The Balaban J connectivity index is 1.46. The fourth-order valence-corrected chi connectivity index (χ4v) is 4.27. The number of rotatable bonds is 8. The molecule has 0 saturated carbocycles. The Morgan fingerprint density at radius 3 is 1.00 bits per heavy atom. The van der Waals surface area contributed by atoms with Gasteiger partial charge in [-0.1, -0.05) is 0 Å². The van der Waals surface area contributed by atoms with E-state index in [1.807, 2.05) is 0 Å². The van der Waals surface area contributed by atoms with E-state index < -0.39 is 9.84 Å². The van der Waals surface area contributed by atoms with Crippen LogP contribution < -0.4 is 9.47 Å². The minimum Gasteiger partial charge on any atom is -0.457 e. The van der Waals surface area contributed by atoms with Gasteiger partial charge in [-0.2, -0.15) is 0 Å². The van der Waals surface area contributed by atoms with Crippen molar-refractivity contribution >= 4 is 22.4 Å². The van der Waals surface area contributed by atoms with E-state index in [1.54, 1.807) is 72.8 Å². The van der Waals surface area contributed by atoms with E-state index >= 15 is 0 Å². The molecule has 0 saturated heterocycles. The lowest BCUT2D eigenvalue weighted by Crippen LogP contribution is -2.01. The van der Waals surface area contributed by atoms with Gasteiger partial charge in [-0.3, -0.25) is 9.59 Å². The summed E-state index contributed by atoms with van der Waals surface area (Å²) in [4.78, 5) is 21.7. The predicted octanol–water partition coefficient (Wildman–Crippen LogP) is 5.73. The van der Waals surface area contributed by atoms with Crippen LogP contribution in [0.4, 0.5) is 0 Å². The van der Waals surface area contributed by atoms with E-state index in [4.69, 9.17) is 9.47 Å². The second-order valence-corrected chi connectivity index (χ2v) is 8.97. The van der Waals surface area contributed by atoms with Crippen molar-refractivity contribution in [3.8, 4) is 23.0 Å². The van der Waals surface area contributed by atoms with E-state index in [0.29, 0.717) is 34.1 Å². The molecule has 0 radical (unpaired) electrons. The third kappa shape index (κ3) is 5.16. The largest absolute Gasteiger partial charge is 0.457 e. The van der Waals surface area contributed by atoms with Gasteiger partial charge in [0, 0.05) is 11.1 Å². The third-order valence-electron chi connectivity index (χ3n) is 4.77. The zero-order valence-electron chi connectivity index (χ0n) is 17.3. The van der Waals surface area contributed by atoms with Crippen LogP contribution in [-0.4, -0.2) is 21.0 Å². The summed E-state index contributed by atoms with van der Waals surface area (Å²) >= 11 is 0. The average molecular weight is 458 g/mol. The molecular weight excluding hydrogens is 440 g/mol. The first-order chi connectivity index (χ1) is 16.0. The molecular formula is C26H18O6S. The lowest BCUT2D eigenvalue weighted by molar-refractivity contribution is 0.111. The highest BCUT2D eigenvalue weighted by Crippen LogP contribution is 2.28. The van der Waals surface area contributed by atoms with Gasteiger partial charge in [0.1, 0.15) is 35.6 Å². The number of carbonyl (C=O) groups excluding carboxylic acids is 2. The summed E-state index contributed by atoms with van der Waals surface area (Å²) in [5.74, 6) is 2.01. The predicted molar refractivity (Wildman–Crippen MR) is 122 cm³/mol. The van der Waals surface area contributed by atoms with Crippen LogP contribution in [0.15, 0.2) is 107 Å². The Morgan fingerprint density at radius 2 is 0.727 bits per heavy atom. The molecule has 4 aromatic rings. The lowest BCUT2D eigenvalue weighted by atomic mass is 10.2. The Hall–Kier alpha value is -4.23. The Morgan fingerprint density at radius 1 is 0.455 bits per heavy atom. The summed E-state index contributed by atoms with van der Waals surface area (Å²) in [6.45, 7) is 0. The topological polar surface area (TPSA) is 86.7 Å². The standard InChI is InChI=1S/C26H18O6S/c27-17-19-1-5-21(6-2-19)31-23-9-13-25(14-10-23)33(29,30)26-15-11-24(12-16-26)32-22-7-3-20(18-28)4-8-22/h1-18H. The van der Waals surface area contributed by atoms with Crippen molar-refractivity contribution in [1.29, 1.82) is 0 Å². The Kier molecular flexibility index (Phi) is 6.33. The summed E-state index contributed by atoms with van der Waals surface area (Å²) in [5.41, 5.74) is 1.08. The lowest BCUT2D eigenvalue weighted by Gasteiger charge is -2.09. The quantitative estimate of drug-likeness (QED) is 0.314. The molecule has 0 unspecified atom stereocenters. The van der Waals surface area contributed by atoms with Crippen LogP contribution in [0.5, 0.6) is 23.0 Å². The monoisotopic (exact) mass is 458 g/mol. The second kappa shape index (κ2) is 9.50. The van der Waals surface area contributed by atoms with Gasteiger partial charge in [-0.15, -0.1) is 0 Å². The van der Waals surface area contributed by atoms with E-state index in [2.05, 4.69) is 0 Å². The number of ether oxygens (including phenoxy) is 2.